The summed E-state index contributed by atoms with van der Waals surface area (Å²) in [5, 5.41) is 4.38. The molecule has 15 heavy (non-hydrogen) atoms. The van der Waals surface area contributed by atoms with E-state index in [2.05, 4.69) is 40.7 Å². The van der Waals surface area contributed by atoms with Crippen molar-refractivity contribution in [2.24, 2.45) is 0 Å². The van der Waals surface area contributed by atoms with Crippen LogP contribution in [0, 0.1) is 0 Å². The Morgan fingerprint density at radius 1 is 1.40 bits per heavy atom. The Bertz CT molecular complexity index is 183. The summed E-state index contributed by atoms with van der Waals surface area (Å²) in [4.78, 5) is 2.71. The highest BCUT2D eigenvalue weighted by molar-refractivity contribution is 8.06. The van der Waals surface area contributed by atoms with Gasteiger partial charge in [-0.05, 0) is 6.42 Å². The van der Waals surface area contributed by atoms with Gasteiger partial charge < -0.3 is 5.32 Å². The average Bonchev–Trinajstić information content (AvgIpc) is 2.31. The Balaban J connectivity index is 1.79. The molecule has 2 fully saturated rings. The van der Waals surface area contributed by atoms with Crippen LogP contribution in [0.2, 0.25) is 0 Å². The Morgan fingerprint density at radius 2 is 2.33 bits per heavy atom. The van der Waals surface area contributed by atoms with Crippen molar-refractivity contribution in [2.75, 3.05) is 43.4 Å². The minimum atomic E-state index is 0.784. The second kappa shape index (κ2) is 6.38. The van der Waals surface area contributed by atoms with Crippen molar-refractivity contribution < 1.29 is 0 Å². The molecule has 0 aromatic heterocycles. The third-order valence-electron chi connectivity index (χ3n) is 3.27. The van der Waals surface area contributed by atoms with Gasteiger partial charge >= 0.3 is 0 Å². The van der Waals surface area contributed by atoms with E-state index >= 15 is 0 Å². The topological polar surface area (TPSA) is 15.3 Å². The van der Waals surface area contributed by atoms with Gasteiger partial charge in [-0.1, -0.05) is 6.92 Å². The highest BCUT2D eigenvalue weighted by Crippen LogP contribution is 2.25. The van der Waals surface area contributed by atoms with Gasteiger partial charge in [0.2, 0.25) is 0 Å². The second-order valence-corrected chi connectivity index (χ2v) is 6.89. The smallest absolute Gasteiger partial charge is 0.0265 e. The van der Waals surface area contributed by atoms with Gasteiger partial charge in [-0.3, -0.25) is 4.90 Å². The molecule has 2 nitrogen and oxygen atoms in total. The summed E-state index contributed by atoms with van der Waals surface area (Å²) in [7, 11) is 0. The number of nitrogens with one attached hydrogen (secondary N) is 1. The molecule has 0 aliphatic carbocycles. The minimum Gasteiger partial charge on any atom is -0.314 e. The summed E-state index contributed by atoms with van der Waals surface area (Å²) in [5.41, 5.74) is 0. The first kappa shape index (κ1) is 12.1. The van der Waals surface area contributed by atoms with E-state index in [1.54, 1.807) is 0 Å². The largest absolute Gasteiger partial charge is 0.314 e. The van der Waals surface area contributed by atoms with Crippen molar-refractivity contribution in [3.8, 4) is 0 Å². The van der Waals surface area contributed by atoms with Gasteiger partial charge in [-0.15, -0.1) is 0 Å². The maximum Gasteiger partial charge on any atom is 0.0265 e. The molecule has 2 heterocycles. The number of hydrogen-bond acceptors (Lipinski definition) is 4. The number of rotatable bonds is 3. The van der Waals surface area contributed by atoms with Crippen molar-refractivity contribution in [2.45, 2.75) is 24.6 Å². The number of hydrogen-bond donors (Lipinski definition) is 1. The fourth-order valence-corrected chi connectivity index (χ4v) is 5.04. The molecule has 2 rings (SSSR count). The van der Waals surface area contributed by atoms with Crippen molar-refractivity contribution >= 4 is 23.5 Å². The molecule has 0 amide bonds. The van der Waals surface area contributed by atoms with E-state index in [0.29, 0.717) is 0 Å². The molecule has 2 aliphatic heterocycles. The number of thioether (sulfide) groups is 2. The Kier molecular flexibility index (Phi) is 5.14. The molecule has 0 radical (unpaired) electrons. The number of nitrogens with zero attached hydrogens (tertiary/aromatic N) is 1. The van der Waals surface area contributed by atoms with Crippen LogP contribution in [-0.4, -0.2) is 59.6 Å². The van der Waals surface area contributed by atoms with Crippen LogP contribution >= 0.6 is 23.5 Å². The van der Waals surface area contributed by atoms with E-state index in [1.165, 1.54) is 49.9 Å². The molecule has 0 aromatic carbocycles. The monoisotopic (exact) mass is 246 g/mol. The Morgan fingerprint density at radius 3 is 3.07 bits per heavy atom. The Hall–Kier alpha value is 0.620. The van der Waals surface area contributed by atoms with Crippen LogP contribution < -0.4 is 5.32 Å². The summed E-state index contributed by atoms with van der Waals surface area (Å²) in [6, 6.07) is 0.784. The van der Waals surface area contributed by atoms with E-state index in [9.17, 15) is 0 Å². The molecule has 2 saturated heterocycles. The molecule has 0 aromatic rings. The van der Waals surface area contributed by atoms with Crippen LogP contribution in [0.25, 0.3) is 0 Å². The summed E-state index contributed by atoms with van der Waals surface area (Å²) >= 11 is 4.32. The maximum atomic E-state index is 3.50. The van der Waals surface area contributed by atoms with Crippen LogP contribution in [0.4, 0.5) is 0 Å². The van der Waals surface area contributed by atoms with Gasteiger partial charge in [0.1, 0.15) is 0 Å². The van der Waals surface area contributed by atoms with E-state index in [4.69, 9.17) is 0 Å². The van der Waals surface area contributed by atoms with E-state index < -0.39 is 0 Å². The third kappa shape index (κ3) is 3.55. The molecular weight excluding hydrogens is 224 g/mol. The lowest BCUT2D eigenvalue weighted by Crippen LogP contribution is -2.53. The summed E-state index contributed by atoms with van der Waals surface area (Å²) < 4.78 is 0. The molecule has 2 atom stereocenters. The fourth-order valence-electron chi connectivity index (χ4n) is 2.35. The van der Waals surface area contributed by atoms with Crippen molar-refractivity contribution in [3.05, 3.63) is 0 Å². The minimum absolute atomic E-state index is 0.784. The molecule has 2 aliphatic rings. The highest BCUT2D eigenvalue weighted by Gasteiger charge is 2.24. The zero-order valence-corrected chi connectivity index (χ0v) is 11.2. The predicted molar refractivity (Wildman–Crippen MR) is 72.1 cm³/mol. The Labute approximate surface area is 102 Å². The van der Waals surface area contributed by atoms with Gasteiger partial charge in [-0.2, -0.15) is 23.5 Å². The lowest BCUT2D eigenvalue weighted by atomic mass is 10.1. The van der Waals surface area contributed by atoms with Crippen LogP contribution in [0.3, 0.4) is 0 Å². The first-order chi connectivity index (χ1) is 7.40. The zero-order chi connectivity index (χ0) is 10.5. The zero-order valence-electron chi connectivity index (χ0n) is 9.58. The van der Waals surface area contributed by atoms with Gasteiger partial charge in [0.05, 0.1) is 0 Å². The summed E-state index contributed by atoms with van der Waals surface area (Å²) in [5.74, 6) is 4.09. The quantitative estimate of drug-likeness (QED) is 0.812. The highest BCUT2D eigenvalue weighted by atomic mass is 32.2. The second-order valence-electron chi connectivity index (χ2n) is 4.33. The molecule has 0 bridgehead atoms. The van der Waals surface area contributed by atoms with Crippen molar-refractivity contribution in [1.82, 2.24) is 10.2 Å². The number of piperazine rings is 1. The molecule has 0 spiro atoms. The molecule has 0 saturated carbocycles. The lowest BCUT2D eigenvalue weighted by Gasteiger charge is -2.38. The first-order valence-electron chi connectivity index (χ1n) is 6.04. The van der Waals surface area contributed by atoms with Crippen LogP contribution in [-0.2, 0) is 0 Å². The summed E-state index contributed by atoms with van der Waals surface area (Å²) in [6.07, 6.45) is 1.29. The van der Waals surface area contributed by atoms with E-state index in [-0.39, 0.29) is 0 Å². The normalized spacial score (nSPS) is 34.2. The van der Waals surface area contributed by atoms with Crippen LogP contribution in [0.1, 0.15) is 13.3 Å². The lowest BCUT2D eigenvalue weighted by molar-refractivity contribution is 0.160. The van der Waals surface area contributed by atoms with Gasteiger partial charge in [0, 0.05) is 54.7 Å². The molecule has 4 heteroatoms. The van der Waals surface area contributed by atoms with Crippen molar-refractivity contribution in [1.29, 1.82) is 0 Å². The average molecular weight is 246 g/mol. The maximum absolute atomic E-state index is 3.50. The van der Waals surface area contributed by atoms with Crippen LogP contribution in [0.5, 0.6) is 0 Å². The third-order valence-corrected chi connectivity index (χ3v) is 6.09. The van der Waals surface area contributed by atoms with Gasteiger partial charge in [-0.25, -0.2) is 0 Å². The molecule has 1 N–H and O–H groups in total. The van der Waals surface area contributed by atoms with Gasteiger partial charge in [0.25, 0.3) is 0 Å². The summed E-state index contributed by atoms with van der Waals surface area (Å²) in [6.45, 7) is 7.26. The molecule has 2 unspecified atom stereocenters. The van der Waals surface area contributed by atoms with E-state index in [1.807, 2.05) is 0 Å². The molecule has 88 valence electrons. The molecular formula is C11H22N2S2. The van der Waals surface area contributed by atoms with Crippen LogP contribution in [0.15, 0.2) is 0 Å². The van der Waals surface area contributed by atoms with Gasteiger partial charge in [0.15, 0.2) is 0 Å². The standard InChI is InChI=1S/C11H22N2S2/c1-2-10-7-12-3-4-13(10)8-11-9-14-5-6-15-11/h10-12H,2-9H2,1H3. The first-order valence-corrected chi connectivity index (χ1v) is 8.24. The SMILES string of the molecule is CCC1CNCCN1CC1CSCCS1. The van der Waals surface area contributed by atoms with E-state index in [0.717, 1.165) is 11.3 Å². The van der Waals surface area contributed by atoms with Crippen molar-refractivity contribution in [3.63, 3.8) is 0 Å². The fraction of sp³-hybridized carbons (Fsp3) is 1.00. The predicted octanol–water partition coefficient (Wildman–Crippen LogP) is 1.52.